The van der Waals surface area contributed by atoms with Crippen LogP contribution in [0.15, 0.2) is 29.8 Å². The lowest BCUT2D eigenvalue weighted by Crippen LogP contribution is -2.46. The van der Waals surface area contributed by atoms with Crippen molar-refractivity contribution in [3.05, 3.63) is 35.3 Å². The van der Waals surface area contributed by atoms with Gasteiger partial charge in [-0.1, -0.05) is 6.07 Å². The van der Waals surface area contributed by atoms with Crippen molar-refractivity contribution >= 4 is 22.4 Å². The Kier molecular flexibility index (Phi) is 7.11. The van der Waals surface area contributed by atoms with E-state index in [4.69, 9.17) is 9.47 Å². The quantitative estimate of drug-likeness (QED) is 0.764. The molecule has 0 bridgehead atoms. The zero-order valence-electron chi connectivity index (χ0n) is 16.7. The fraction of sp³-hybridized carbons (Fsp3) is 0.500. The Morgan fingerprint density at radius 2 is 2.04 bits per heavy atom. The predicted octanol–water partition coefficient (Wildman–Crippen LogP) is 2.38. The highest BCUT2D eigenvalue weighted by Crippen LogP contribution is 2.27. The van der Waals surface area contributed by atoms with Crippen molar-refractivity contribution in [1.82, 2.24) is 15.2 Å². The molecule has 3 rings (SSSR count). The number of aromatic nitrogens is 1. The first-order chi connectivity index (χ1) is 13.6. The van der Waals surface area contributed by atoms with Gasteiger partial charge in [-0.25, -0.2) is 4.98 Å². The van der Waals surface area contributed by atoms with Gasteiger partial charge in [-0.3, -0.25) is 9.69 Å². The maximum atomic E-state index is 12.7. The fourth-order valence-electron chi connectivity index (χ4n) is 3.38. The van der Waals surface area contributed by atoms with Gasteiger partial charge in [0.05, 0.1) is 20.3 Å². The lowest BCUT2D eigenvalue weighted by molar-refractivity contribution is -0.126. The average molecular weight is 405 g/mol. The second kappa shape index (κ2) is 9.75. The molecule has 1 fully saturated rings. The summed E-state index contributed by atoms with van der Waals surface area (Å²) in [6, 6.07) is 5.51. The number of carbonyl (C=O) groups is 1. The summed E-state index contributed by atoms with van der Waals surface area (Å²) in [5.41, 5.74) is 0.976. The van der Waals surface area contributed by atoms with Crippen LogP contribution in [-0.2, 0) is 11.3 Å². The molecule has 1 aromatic heterocycles. The number of nitrogens with zero attached hydrogens (tertiary/aromatic N) is 3. The van der Waals surface area contributed by atoms with Crippen molar-refractivity contribution in [3.63, 3.8) is 0 Å². The molecule has 1 saturated heterocycles. The Labute approximate surface area is 170 Å². The van der Waals surface area contributed by atoms with E-state index in [1.165, 1.54) is 0 Å². The molecule has 1 amide bonds. The van der Waals surface area contributed by atoms with Gasteiger partial charge in [0, 0.05) is 44.3 Å². The number of methoxy groups -OCH3 is 2. The van der Waals surface area contributed by atoms with E-state index >= 15 is 0 Å². The largest absolute Gasteiger partial charge is 0.493 e. The number of thiazole rings is 1. The van der Waals surface area contributed by atoms with E-state index in [0.29, 0.717) is 18.0 Å². The Morgan fingerprint density at radius 1 is 1.21 bits per heavy atom. The molecular formula is C20H28N4O3S. The van der Waals surface area contributed by atoms with Crippen LogP contribution in [0, 0.1) is 0 Å². The number of rotatable bonds is 7. The molecule has 7 nitrogen and oxygen atoms in total. The molecule has 8 heteroatoms. The second-order valence-corrected chi connectivity index (χ2v) is 7.65. The minimum Gasteiger partial charge on any atom is -0.493 e. The van der Waals surface area contributed by atoms with E-state index in [9.17, 15) is 4.79 Å². The summed E-state index contributed by atoms with van der Waals surface area (Å²) in [4.78, 5) is 21.6. The van der Waals surface area contributed by atoms with Gasteiger partial charge in [0.15, 0.2) is 16.6 Å². The summed E-state index contributed by atoms with van der Waals surface area (Å²) in [7, 11) is 3.22. The van der Waals surface area contributed by atoms with Crippen LogP contribution in [-0.4, -0.2) is 62.2 Å². The zero-order chi connectivity index (χ0) is 19.9. The van der Waals surface area contributed by atoms with Crippen LogP contribution in [0.5, 0.6) is 11.5 Å². The maximum Gasteiger partial charge on any atom is 0.237 e. The van der Waals surface area contributed by atoms with Crippen LogP contribution in [0.25, 0.3) is 0 Å². The fourth-order valence-corrected chi connectivity index (χ4v) is 4.08. The molecule has 1 aliphatic heterocycles. The molecule has 0 aliphatic carbocycles. The van der Waals surface area contributed by atoms with Crippen molar-refractivity contribution in [2.45, 2.75) is 25.9 Å². The van der Waals surface area contributed by atoms with E-state index in [1.807, 2.05) is 36.7 Å². The number of carbonyl (C=O) groups excluding carboxylic acids is 1. The number of anilines is 1. The van der Waals surface area contributed by atoms with Crippen LogP contribution < -0.4 is 19.7 Å². The number of benzene rings is 1. The van der Waals surface area contributed by atoms with Crippen molar-refractivity contribution in [1.29, 1.82) is 0 Å². The highest BCUT2D eigenvalue weighted by Gasteiger charge is 2.24. The SMILES string of the molecule is COc1ccc(CNC(=O)C(C)N2CCCN(c3nccs3)CC2)cc1OC. The second-order valence-electron chi connectivity index (χ2n) is 6.77. The monoisotopic (exact) mass is 404 g/mol. The van der Waals surface area contributed by atoms with Crippen LogP contribution in [0.2, 0.25) is 0 Å². The summed E-state index contributed by atoms with van der Waals surface area (Å²) in [5, 5.41) is 6.11. The average Bonchev–Trinajstić information content (AvgIpc) is 3.15. The van der Waals surface area contributed by atoms with E-state index in [1.54, 1.807) is 25.6 Å². The maximum absolute atomic E-state index is 12.7. The van der Waals surface area contributed by atoms with Crippen LogP contribution in [0.3, 0.4) is 0 Å². The highest BCUT2D eigenvalue weighted by molar-refractivity contribution is 7.13. The molecule has 0 saturated carbocycles. The van der Waals surface area contributed by atoms with Crippen LogP contribution >= 0.6 is 11.3 Å². The number of ether oxygens (including phenoxy) is 2. The molecule has 0 spiro atoms. The molecule has 0 radical (unpaired) electrons. The number of amides is 1. The summed E-state index contributed by atoms with van der Waals surface area (Å²) < 4.78 is 10.6. The van der Waals surface area contributed by atoms with Gasteiger partial charge < -0.3 is 19.7 Å². The Hall–Kier alpha value is -2.32. The third-order valence-corrected chi connectivity index (χ3v) is 5.89. The van der Waals surface area contributed by atoms with Crippen molar-refractivity contribution in [2.24, 2.45) is 0 Å². The van der Waals surface area contributed by atoms with Gasteiger partial charge in [0.25, 0.3) is 0 Å². The first-order valence-corrected chi connectivity index (χ1v) is 10.4. The summed E-state index contributed by atoms with van der Waals surface area (Å²) in [6.45, 7) is 6.06. The first-order valence-electron chi connectivity index (χ1n) is 9.49. The minimum absolute atomic E-state index is 0.0393. The van der Waals surface area contributed by atoms with Crippen LogP contribution in [0.4, 0.5) is 5.13 Å². The number of hydrogen-bond acceptors (Lipinski definition) is 7. The standard InChI is InChI=1S/C20H28N4O3S/c1-15(23-8-4-9-24(11-10-23)20-21-7-12-28-20)19(25)22-14-16-5-6-17(26-2)18(13-16)27-3/h5-7,12-13,15H,4,8-11,14H2,1-3H3,(H,22,25). The molecule has 2 aromatic rings. The van der Waals surface area contributed by atoms with E-state index in [-0.39, 0.29) is 11.9 Å². The molecule has 152 valence electrons. The molecule has 1 N–H and O–H groups in total. The van der Waals surface area contributed by atoms with E-state index < -0.39 is 0 Å². The number of hydrogen-bond donors (Lipinski definition) is 1. The molecule has 2 heterocycles. The van der Waals surface area contributed by atoms with Gasteiger partial charge >= 0.3 is 0 Å². The smallest absolute Gasteiger partial charge is 0.237 e. The lowest BCUT2D eigenvalue weighted by atomic mass is 10.2. The van der Waals surface area contributed by atoms with Gasteiger partial charge in [-0.05, 0) is 31.0 Å². The lowest BCUT2D eigenvalue weighted by Gasteiger charge is -2.27. The van der Waals surface area contributed by atoms with Crippen LogP contribution in [0.1, 0.15) is 18.9 Å². The van der Waals surface area contributed by atoms with E-state index in [2.05, 4.69) is 20.1 Å². The Morgan fingerprint density at radius 3 is 2.75 bits per heavy atom. The molecule has 28 heavy (non-hydrogen) atoms. The van der Waals surface area contributed by atoms with Crippen molar-refractivity contribution < 1.29 is 14.3 Å². The molecule has 1 unspecified atom stereocenters. The normalized spacial score (nSPS) is 16.3. The first kappa shape index (κ1) is 20.4. The minimum atomic E-state index is -0.170. The third-order valence-electron chi connectivity index (χ3n) is 5.06. The Balaban J connectivity index is 1.53. The van der Waals surface area contributed by atoms with Gasteiger partial charge in [0.2, 0.25) is 5.91 Å². The number of nitrogens with one attached hydrogen (secondary N) is 1. The van der Waals surface area contributed by atoms with Gasteiger partial charge in [-0.15, -0.1) is 11.3 Å². The third kappa shape index (κ3) is 4.94. The summed E-state index contributed by atoms with van der Waals surface area (Å²) in [5.74, 6) is 1.38. The topological polar surface area (TPSA) is 66.9 Å². The summed E-state index contributed by atoms with van der Waals surface area (Å²) in [6.07, 6.45) is 2.86. The molecular weight excluding hydrogens is 376 g/mol. The van der Waals surface area contributed by atoms with Gasteiger partial charge in [-0.2, -0.15) is 0 Å². The highest BCUT2D eigenvalue weighted by atomic mass is 32.1. The van der Waals surface area contributed by atoms with Crippen molar-refractivity contribution in [2.75, 3.05) is 45.3 Å². The zero-order valence-corrected chi connectivity index (χ0v) is 17.5. The van der Waals surface area contributed by atoms with Crippen molar-refractivity contribution in [3.8, 4) is 11.5 Å². The summed E-state index contributed by atoms with van der Waals surface area (Å²) >= 11 is 1.66. The predicted molar refractivity (Wildman–Crippen MR) is 111 cm³/mol. The van der Waals surface area contributed by atoms with E-state index in [0.717, 1.165) is 43.3 Å². The van der Waals surface area contributed by atoms with Gasteiger partial charge in [0.1, 0.15) is 0 Å². The molecule has 1 aliphatic rings. The molecule has 1 aromatic carbocycles. The Bertz CT molecular complexity index is 769. The molecule has 1 atom stereocenters.